The number of rotatable bonds is 5. The van der Waals surface area contributed by atoms with Crippen LogP contribution in [0.25, 0.3) is 11.1 Å². The predicted molar refractivity (Wildman–Crippen MR) is 127 cm³/mol. The monoisotopic (exact) mass is 560 g/mol. The van der Waals surface area contributed by atoms with Crippen LogP contribution >= 0.6 is 0 Å². The standard InChI is InChI=1S/C27H19F9O.C2H6/c28-18-10-17(11-19(29)24(18)16-8-22(32)26(34)23(33)9-16)37-27(35,36)25-20(30)6-15(7-21(25)31)14-4-12-2-1-3-13(12)5-14;1-2/h6-14H,1-5H2;1-2H3. The first kappa shape index (κ1) is 28.8. The number of fused-ring (bicyclic) bond motifs is 1. The Kier molecular flexibility index (Phi) is 8.23. The molecule has 2 aliphatic rings. The van der Waals surface area contributed by atoms with Crippen molar-refractivity contribution in [2.45, 2.75) is 58.0 Å². The molecule has 0 spiro atoms. The molecule has 0 aromatic heterocycles. The fraction of sp³-hybridized carbons (Fsp3) is 0.379. The number of benzene rings is 3. The highest BCUT2D eigenvalue weighted by Crippen LogP contribution is 2.51. The molecule has 3 aromatic rings. The molecular formula is C29H25F9O. The molecule has 39 heavy (non-hydrogen) atoms. The van der Waals surface area contributed by atoms with Crippen LogP contribution in [0.4, 0.5) is 39.5 Å². The van der Waals surface area contributed by atoms with Gasteiger partial charge in [-0.15, -0.1) is 0 Å². The van der Waals surface area contributed by atoms with Crippen molar-refractivity contribution in [2.75, 3.05) is 0 Å². The van der Waals surface area contributed by atoms with Crippen LogP contribution in [0.3, 0.4) is 0 Å². The molecule has 2 unspecified atom stereocenters. The molecule has 0 N–H and O–H groups in total. The SMILES string of the molecule is CC.Fc1cc(-c2c(F)cc(OC(F)(F)c3c(F)cc(C4CC5CCCC5C4)cc3F)cc2F)cc(F)c1F. The van der Waals surface area contributed by atoms with Gasteiger partial charge in [-0.05, 0) is 66.0 Å². The lowest BCUT2D eigenvalue weighted by atomic mass is 9.93. The second kappa shape index (κ2) is 11.1. The Hall–Kier alpha value is -3.17. The van der Waals surface area contributed by atoms with Crippen molar-refractivity contribution in [2.24, 2.45) is 11.8 Å². The summed E-state index contributed by atoms with van der Waals surface area (Å²) in [5, 5.41) is 0. The van der Waals surface area contributed by atoms with E-state index in [2.05, 4.69) is 4.74 Å². The third kappa shape index (κ3) is 5.61. The minimum Gasteiger partial charge on any atom is -0.429 e. The van der Waals surface area contributed by atoms with Crippen LogP contribution in [0.5, 0.6) is 5.75 Å². The van der Waals surface area contributed by atoms with E-state index < -0.39 is 69.3 Å². The van der Waals surface area contributed by atoms with E-state index in [1.165, 1.54) is 0 Å². The molecular weight excluding hydrogens is 535 g/mol. The lowest BCUT2D eigenvalue weighted by molar-refractivity contribution is -0.189. The van der Waals surface area contributed by atoms with Crippen molar-refractivity contribution < 1.29 is 44.3 Å². The smallest absolute Gasteiger partial charge is 0.429 e. The molecule has 0 amide bonds. The second-order valence-corrected chi connectivity index (χ2v) is 9.61. The summed E-state index contributed by atoms with van der Waals surface area (Å²) >= 11 is 0. The molecule has 0 aliphatic heterocycles. The topological polar surface area (TPSA) is 9.23 Å². The Bertz CT molecular complexity index is 1290. The van der Waals surface area contributed by atoms with Gasteiger partial charge in [0.1, 0.15) is 34.6 Å². The second-order valence-electron chi connectivity index (χ2n) is 9.61. The van der Waals surface area contributed by atoms with Crippen molar-refractivity contribution in [1.29, 1.82) is 0 Å². The maximum absolute atomic E-state index is 14.8. The predicted octanol–water partition coefficient (Wildman–Crippen LogP) is 9.78. The molecule has 0 saturated heterocycles. The highest BCUT2D eigenvalue weighted by atomic mass is 19.3. The van der Waals surface area contributed by atoms with E-state index in [9.17, 15) is 39.5 Å². The van der Waals surface area contributed by atoms with Gasteiger partial charge in [0.15, 0.2) is 17.5 Å². The molecule has 0 heterocycles. The van der Waals surface area contributed by atoms with Crippen molar-refractivity contribution in [3.63, 3.8) is 0 Å². The molecule has 10 heteroatoms. The van der Waals surface area contributed by atoms with Crippen LogP contribution in [-0.2, 0) is 6.11 Å². The van der Waals surface area contributed by atoms with Gasteiger partial charge < -0.3 is 4.74 Å². The minimum absolute atomic E-state index is 0.153. The molecule has 3 aromatic carbocycles. The zero-order valence-corrected chi connectivity index (χ0v) is 21.0. The van der Waals surface area contributed by atoms with Gasteiger partial charge in [-0.2, -0.15) is 8.78 Å². The molecule has 210 valence electrons. The Morgan fingerprint density at radius 1 is 0.667 bits per heavy atom. The highest BCUT2D eigenvalue weighted by molar-refractivity contribution is 5.66. The Morgan fingerprint density at radius 2 is 1.15 bits per heavy atom. The van der Waals surface area contributed by atoms with Crippen LogP contribution in [0.1, 0.15) is 63.0 Å². The summed E-state index contributed by atoms with van der Waals surface area (Å²) in [6.45, 7) is 4.00. The van der Waals surface area contributed by atoms with Gasteiger partial charge in [-0.3, -0.25) is 0 Å². The summed E-state index contributed by atoms with van der Waals surface area (Å²) in [6, 6.07) is 2.82. The lowest BCUT2D eigenvalue weighted by Crippen LogP contribution is -2.25. The third-order valence-corrected chi connectivity index (χ3v) is 7.35. The van der Waals surface area contributed by atoms with E-state index in [-0.39, 0.29) is 23.6 Å². The van der Waals surface area contributed by atoms with E-state index in [0.717, 1.165) is 44.2 Å². The van der Waals surface area contributed by atoms with Crippen LogP contribution in [0, 0.1) is 52.6 Å². The van der Waals surface area contributed by atoms with Crippen molar-refractivity contribution in [3.05, 3.63) is 88.2 Å². The van der Waals surface area contributed by atoms with Gasteiger partial charge in [-0.25, -0.2) is 30.7 Å². The van der Waals surface area contributed by atoms with E-state index in [4.69, 9.17) is 0 Å². The molecule has 1 nitrogen and oxygen atoms in total. The summed E-state index contributed by atoms with van der Waals surface area (Å²) in [5.74, 6) is -12.0. The Morgan fingerprint density at radius 3 is 1.64 bits per heavy atom. The maximum atomic E-state index is 14.8. The number of halogens is 9. The number of ether oxygens (including phenoxy) is 1. The number of hydrogen-bond acceptors (Lipinski definition) is 1. The Labute approximate surface area is 219 Å². The van der Waals surface area contributed by atoms with E-state index in [1.807, 2.05) is 13.8 Å². The maximum Gasteiger partial charge on any atom is 0.432 e. The van der Waals surface area contributed by atoms with Gasteiger partial charge in [0.2, 0.25) is 0 Å². The average Bonchev–Trinajstić information content (AvgIpc) is 3.45. The summed E-state index contributed by atoms with van der Waals surface area (Å²) in [7, 11) is 0. The summed E-state index contributed by atoms with van der Waals surface area (Å²) in [4.78, 5) is 0. The molecule has 2 fully saturated rings. The first-order valence-electron chi connectivity index (χ1n) is 12.6. The molecule has 2 atom stereocenters. The fourth-order valence-electron chi connectivity index (χ4n) is 5.72. The van der Waals surface area contributed by atoms with Crippen LogP contribution < -0.4 is 4.74 Å². The summed E-state index contributed by atoms with van der Waals surface area (Å²) < 4.78 is 133. The van der Waals surface area contributed by atoms with Crippen LogP contribution in [0.2, 0.25) is 0 Å². The third-order valence-electron chi connectivity index (χ3n) is 7.35. The first-order valence-corrected chi connectivity index (χ1v) is 12.6. The average molecular weight is 561 g/mol. The van der Waals surface area contributed by atoms with Gasteiger partial charge in [0.25, 0.3) is 0 Å². The van der Waals surface area contributed by atoms with Crippen molar-refractivity contribution in [3.8, 4) is 16.9 Å². The summed E-state index contributed by atoms with van der Waals surface area (Å²) in [6.07, 6.45) is -0.0360. The molecule has 2 aliphatic carbocycles. The molecule has 0 radical (unpaired) electrons. The molecule has 2 saturated carbocycles. The van der Waals surface area contributed by atoms with E-state index in [0.29, 0.717) is 24.0 Å². The minimum atomic E-state index is -4.66. The van der Waals surface area contributed by atoms with E-state index >= 15 is 0 Å². The fourth-order valence-corrected chi connectivity index (χ4v) is 5.72. The zero-order chi connectivity index (χ0) is 28.6. The van der Waals surface area contributed by atoms with Crippen molar-refractivity contribution >= 4 is 0 Å². The first-order chi connectivity index (χ1) is 18.4. The van der Waals surface area contributed by atoms with Crippen molar-refractivity contribution in [1.82, 2.24) is 0 Å². The zero-order valence-electron chi connectivity index (χ0n) is 21.0. The van der Waals surface area contributed by atoms with Crippen LogP contribution in [0.15, 0.2) is 36.4 Å². The van der Waals surface area contributed by atoms with Gasteiger partial charge in [-0.1, -0.05) is 33.1 Å². The van der Waals surface area contributed by atoms with Gasteiger partial charge >= 0.3 is 6.11 Å². The molecule has 5 rings (SSSR count). The lowest BCUT2D eigenvalue weighted by Gasteiger charge is -2.21. The van der Waals surface area contributed by atoms with E-state index in [1.54, 1.807) is 0 Å². The number of hydrogen-bond donors (Lipinski definition) is 0. The highest BCUT2D eigenvalue weighted by Gasteiger charge is 2.43. The quantitative estimate of drug-likeness (QED) is 0.223. The molecule has 0 bridgehead atoms. The largest absolute Gasteiger partial charge is 0.432 e. The summed E-state index contributed by atoms with van der Waals surface area (Å²) in [5.41, 5.74) is -3.24. The number of alkyl halides is 2. The van der Waals surface area contributed by atoms with Gasteiger partial charge in [0, 0.05) is 12.1 Å². The Balaban J connectivity index is 0.00000172. The normalized spacial score (nSPS) is 20.4. The van der Waals surface area contributed by atoms with Gasteiger partial charge in [0.05, 0.1) is 5.56 Å². The van der Waals surface area contributed by atoms with Crippen LogP contribution in [-0.4, -0.2) is 0 Å².